The van der Waals surface area contributed by atoms with Crippen LogP contribution in [0.1, 0.15) is 42.0 Å². The number of hydrogen-bond donors (Lipinski definition) is 1. The lowest BCUT2D eigenvalue weighted by Gasteiger charge is -2.14. The Morgan fingerprint density at radius 1 is 1.14 bits per heavy atom. The molecule has 1 aromatic heterocycles. The zero-order valence-corrected chi connectivity index (χ0v) is 13.4. The van der Waals surface area contributed by atoms with Gasteiger partial charge in [-0.05, 0) is 43.5 Å². The van der Waals surface area contributed by atoms with Crippen LogP contribution in [-0.2, 0) is 6.54 Å². The molecule has 1 N–H and O–H groups in total. The molecule has 3 rings (SSSR count). The van der Waals surface area contributed by atoms with Gasteiger partial charge in [-0.2, -0.15) is 0 Å². The van der Waals surface area contributed by atoms with E-state index >= 15 is 0 Å². The number of aliphatic hydroxyl groups is 1. The fourth-order valence-corrected chi connectivity index (χ4v) is 2.84. The van der Waals surface area contributed by atoms with Crippen LogP contribution in [-0.4, -0.2) is 14.7 Å². The second-order valence-electron chi connectivity index (χ2n) is 5.90. The molecule has 0 aliphatic carbocycles. The Hall–Kier alpha value is -2.13. The van der Waals surface area contributed by atoms with Crippen molar-refractivity contribution in [3.05, 3.63) is 65.0 Å². The molecule has 2 aromatic carbocycles. The molecule has 0 bridgehead atoms. The van der Waals surface area contributed by atoms with Gasteiger partial charge in [0.2, 0.25) is 0 Å². The summed E-state index contributed by atoms with van der Waals surface area (Å²) in [6.07, 6.45) is 0.133. The summed E-state index contributed by atoms with van der Waals surface area (Å²) < 4.78 is 2.14. The first-order valence-electron chi connectivity index (χ1n) is 7.79. The Bertz CT molecular complexity index is 804. The highest BCUT2D eigenvalue weighted by Crippen LogP contribution is 2.24. The van der Waals surface area contributed by atoms with Crippen LogP contribution in [0.2, 0.25) is 0 Å². The SMILES string of the molecule is CCC(O)c1nc2ccccc2n1Cc1cc(C)ccc1C. The van der Waals surface area contributed by atoms with Gasteiger partial charge < -0.3 is 9.67 Å². The van der Waals surface area contributed by atoms with Gasteiger partial charge in [0.25, 0.3) is 0 Å². The van der Waals surface area contributed by atoms with Gasteiger partial charge in [-0.15, -0.1) is 0 Å². The number of nitrogens with zero attached hydrogens (tertiary/aromatic N) is 2. The van der Waals surface area contributed by atoms with Crippen molar-refractivity contribution in [3.63, 3.8) is 0 Å². The van der Waals surface area contributed by atoms with E-state index in [9.17, 15) is 5.11 Å². The summed E-state index contributed by atoms with van der Waals surface area (Å²) in [5.74, 6) is 0.754. The van der Waals surface area contributed by atoms with Crippen LogP contribution >= 0.6 is 0 Å². The second kappa shape index (κ2) is 5.93. The van der Waals surface area contributed by atoms with E-state index in [1.807, 2.05) is 25.1 Å². The predicted octanol–water partition coefficient (Wildman–Crippen LogP) is 4.14. The number of imidazole rings is 1. The zero-order chi connectivity index (χ0) is 15.7. The summed E-state index contributed by atoms with van der Waals surface area (Å²) in [6.45, 7) is 6.95. The molecule has 22 heavy (non-hydrogen) atoms. The lowest BCUT2D eigenvalue weighted by atomic mass is 10.1. The second-order valence-corrected chi connectivity index (χ2v) is 5.90. The highest BCUT2D eigenvalue weighted by molar-refractivity contribution is 5.76. The van der Waals surface area contributed by atoms with Crippen LogP contribution in [0.15, 0.2) is 42.5 Å². The minimum atomic E-state index is -0.530. The number of aryl methyl sites for hydroxylation is 2. The number of fused-ring (bicyclic) bond motifs is 1. The first-order valence-corrected chi connectivity index (χ1v) is 7.79. The lowest BCUT2D eigenvalue weighted by molar-refractivity contribution is 0.160. The van der Waals surface area contributed by atoms with Gasteiger partial charge in [0.15, 0.2) is 0 Å². The van der Waals surface area contributed by atoms with Crippen molar-refractivity contribution >= 4 is 11.0 Å². The third-order valence-electron chi connectivity index (χ3n) is 4.20. The summed E-state index contributed by atoms with van der Waals surface area (Å²) in [5.41, 5.74) is 5.80. The van der Waals surface area contributed by atoms with E-state index in [-0.39, 0.29) is 0 Å². The van der Waals surface area contributed by atoms with Crippen LogP contribution in [0.25, 0.3) is 11.0 Å². The van der Waals surface area contributed by atoms with Crippen molar-refractivity contribution in [1.82, 2.24) is 9.55 Å². The maximum Gasteiger partial charge on any atom is 0.139 e. The third-order valence-corrected chi connectivity index (χ3v) is 4.20. The number of hydrogen-bond acceptors (Lipinski definition) is 2. The monoisotopic (exact) mass is 294 g/mol. The molecule has 0 saturated carbocycles. The Morgan fingerprint density at radius 3 is 2.68 bits per heavy atom. The molecule has 3 heteroatoms. The minimum Gasteiger partial charge on any atom is -0.385 e. The molecule has 0 saturated heterocycles. The molecule has 1 atom stereocenters. The molecule has 0 aliphatic rings. The van der Waals surface area contributed by atoms with Crippen LogP contribution in [0.4, 0.5) is 0 Å². The quantitative estimate of drug-likeness (QED) is 0.785. The van der Waals surface area contributed by atoms with Crippen LogP contribution in [0.3, 0.4) is 0 Å². The lowest BCUT2D eigenvalue weighted by Crippen LogP contribution is -2.10. The van der Waals surface area contributed by atoms with E-state index in [1.165, 1.54) is 16.7 Å². The van der Waals surface area contributed by atoms with Crippen LogP contribution in [0.5, 0.6) is 0 Å². The molecular formula is C19H22N2O. The van der Waals surface area contributed by atoms with E-state index in [1.54, 1.807) is 0 Å². The molecule has 0 spiro atoms. The van der Waals surface area contributed by atoms with Crippen molar-refractivity contribution in [2.45, 2.75) is 39.8 Å². The van der Waals surface area contributed by atoms with E-state index < -0.39 is 6.10 Å². The Kier molecular flexibility index (Phi) is 3.99. The first kappa shape index (κ1) is 14.8. The summed E-state index contributed by atoms with van der Waals surface area (Å²) in [7, 11) is 0. The third kappa shape index (κ3) is 2.64. The van der Waals surface area contributed by atoms with Crippen molar-refractivity contribution in [1.29, 1.82) is 0 Å². The smallest absolute Gasteiger partial charge is 0.139 e. The minimum absolute atomic E-state index is 0.530. The van der Waals surface area contributed by atoms with Crippen LogP contribution in [0, 0.1) is 13.8 Å². The summed E-state index contributed by atoms with van der Waals surface area (Å²) in [5, 5.41) is 10.3. The topological polar surface area (TPSA) is 38.1 Å². The number of benzene rings is 2. The summed E-state index contributed by atoms with van der Waals surface area (Å²) >= 11 is 0. The molecule has 114 valence electrons. The average molecular weight is 294 g/mol. The standard InChI is InChI=1S/C19H22N2O/c1-4-18(22)19-20-16-7-5-6-8-17(16)21(19)12-15-11-13(2)9-10-14(15)3/h5-11,18,22H,4,12H2,1-3H3. The largest absolute Gasteiger partial charge is 0.385 e. The van der Waals surface area contributed by atoms with Crippen molar-refractivity contribution in [2.75, 3.05) is 0 Å². The fraction of sp³-hybridized carbons (Fsp3) is 0.316. The zero-order valence-electron chi connectivity index (χ0n) is 13.4. The van der Waals surface area contributed by atoms with E-state index in [4.69, 9.17) is 0 Å². The molecule has 3 aromatic rings. The van der Waals surface area contributed by atoms with Gasteiger partial charge >= 0.3 is 0 Å². The summed E-state index contributed by atoms with van der Waals surface area (Å²) in [6, 6.07) is 14.6. The van der Waals surface area contributed by atoms with E-state index in [2.05, 4.69) is 47.7 Å². The molecule has 3 nitrogen and oxygen atoms in total. The Morgan fingerprint density at radius 2 is 1.91 bits per heavy atom. The summed E-state index contributed by atoms with van der Waals surface area (Å²) in [4.78, 5) is 4.64. The maximum absolute atomic E-state index is 10.3. The van der Waals surface area contributed by atoms with E-state index in [0.717, 1.165) is 23.4 Å². The Labute approximate surface area is 131 Å². The highest BCUT2D eigenvalue weighted by Gasteiger charge is 2.17. The Balaban J connectivity index is 2.14. The molecule has 0 fully saturated rings. The predicted molar refractivity (Wildman–Crippen MR) is 90.0 cm³/mol. The highest BCUT2D eigenvalue weighted by atomic mass is 16.3. The molecule has 0 amide bonds. The van der Waals surface area contributed by atoms with Gasteiger partial charge in [0, 0.05) is 6.54 Å². The van der Waals surface area contributed by atoms with Gasteiger partial charge in [-0.1, -0.05) is 42.8 Å². The normalized spacial score (nSPS) is 12.7. The van der Waals surface area contributed by atoms with Gasteiger partial charge in [0.05, 0.1) is 11.0 Å². The molecule has 0 radical (unpaired) electrons. The molecule has 1 heterocycles. The van der Waals surface area contributed by atoms with Gasteiger partial charge in [0.1, 0.15) is 11.9 Å². The number of aliphatic hydroxyl groups excluding tert-OH is 1. The first-order chi connectivity index (χ1) is 10.6. The number of rotatable bonds is 4. The molecule has 1 unspecified atom stereocenters. The molecule has 0 aliphatic heterocycles. The van der Waals surface area contributed by atoms with Crippen molar-refractivity contribution in [2.24, 2.45) is 0 Å². The number of para-hydroxylation sites is 2. The van der Waals surface area contributed by atoms with Crippen LogP contribution < -0.4 is 0 Å². The van der Waals surface area contributed by atoms with Crippen molar-refractivity contribution in [3.8, 4) is 0 Å². The number of aromatic nitrogens is 2. The molecular weight excluding hydrogens is 272 g/mol. The van der Waals surface area contributed by atoms with E-state index in [0.29, 0.717) is 6.42 Å². The van der Waals surface area contributed by atoms with Gasteiger partial charge in [-0.25, -0.2) is 4.98 Å². The van der Waals surface area contributed by atoms with Gasteiger partial charge in [-0.3, -0.25) is 0 Å². The maximum atomic E-state index is 10.3. The average Bonchev–Trinajstić information content (AvgIpc) is 2.89. The van der Waals surface area contributed by atoms with Crippen molar-refractivity contribution < 1.29 is 5.11 Å². The fourth-order valence-electron chi connectivity index (χ4n) is 2.84.